The fraction of sp³-hybridized carbons (Fsp3) is 0.429. The fourth-order valence-corrected chi connectivity index (χ4v) is 2.84. The van der Waals surface area contributed by atoms with Crippen LogP contribution in [0.15, 0.2) is 12.5 Å². The van der Waals surface area contributed by atoms with Crippen LogP contribution in [0.1, 0.15) is 12.5 Å². The van der Waals surface area contributed by atoms with Gasteiger partial charge in [0.25, 0.3) is 0 Å². The lowest BCUT2D eigenvalue weighted by molar-refractivity contribution is -0.132. The Kier molecular flexibility index (Phi) is 3.30. The van der Waals surface area contributed by atoms with E-state index in [-0.39, 0.29) is 5.82 Å². The number of hydrogen-bond acceptors (Lipinski definition) is 7. The van der Waals surface area contributed by atoms with Gasteiger partial charge in [-0.05, 0) is 6.92 Å². The SMILES string of the molecule is C#Cc1cn(C2(C)OC(CO)C(O)C2O)c2ncnc(N)c12. The van der Waals surface area contributed by atoms with Gasteiger partial charge in [0, 0.05) is 6.20 Å². The number of nitrogens with zero attached hydrogens (tertiary/aromatic N) is 3. The number of nitrogens with two attached hydrogens (primary N) is 1. The number of aliphatic hydroxyl groups is 3. The molecule has 0 radical (unpaired) electrons. The van der Waals surface area contributed by atoms with E-state index in [0.29, 0.717) is 16.6 Å². The maximum absolute atomic E-state index is 10.3. The first kappa shape index (κ1) is 14.7. The quantitative estimate of drug-likeness (QED) is 0.512. The molecule has 0 aromatic carbocycles. The number of ether oxygens (including phenoxy) is 1. The van der Waals surface area contributed by atoms with Crippen LogP contribution in [0.25, 0.3) is 11.0 Å². The molecular weight excluding hydrogens is 288 g/mol. The summed E-state index contributed by atoms with van der Waals surface area (Å²) in [4.78, 5) is 8.06. The van der Waals surface area contributed by atoms with Crippen LogP contribution in [0.5, 0.6) is 0 Å². The van der Waals surface area contributed by atoms with Crippen LogP contribution >= 0.6 is 0 Å². The molecular formula is C14H16N4O4. The van der Waals surface area contributed by atoms with Crippen molar-refractivity contribution in [2.75, 3.05) is 12.3 Å². The van der Waals surface area contributed by atoms with Gasteiger partial charge < -0.3 is 25.8 Å². The van der Waals surface area contributed by atoms with Crippen LogP contribution in [0.2, 0.25) is 0 Å². The number of rotatable bonds is 2. The minimum Gasteiger partial charge on any atom is -0.394 e. The smallest absolute Gasteiger partial charge is 0.172 e. The summed E-state index contributed by atoms with van der Waals surface area (Å²) in [5, 5.41) is 30.1. The molecule has 1 aliphatic heterocycles. The first-order chi connectivity index (χ1) is 10.4. The van der Waals surface area contributed by atoms with Gasteiger partial charge in [-0.2, -0.15) is 0 Å². The number of fused-ring (bicyclic) bond motifs is 1. The molecule has 8 heteroatoms. The lowest BCUT2D eigenvalue weighted by Gasteiger charge is -2.30. The molecule has 0 amide bonds. The van der Waals surface area contributed by atoms with Crippen molar-refractivity contribution in [2.45, 2.75) is 31.0 Å². The van der Waals surface area contributed by atoms with Crippen molar-refractivity contribution in [2.24, 2.45) is 0 Å². The minimum atomic E-state index is -1.35. The molecule has 22 heavy (non-hydrogen) atoms. The molecule has 0 saturated carbocycles. The van der Waals surface area contributed by atoms with Crippen molar-refractivity contribution >= 4 is 16.9 Å². The second kappa shape index (κ2) is 4.93. The van der Waals surface area contributed by atoms with Gasteiger partial charge in [0.2, 0.25) is 0 Å². The molecule has 2 aromatic rings. The number of aromatic nitrogens is 3. The summed E-state index contributed by atoms with van der Waals surface area (Å²) in [6.45, 7) is 1.15. The zero-order chi connectivity index (χ0) is 16.1. The number of anilines is 1. The fourth-order valence-electron chi connectivity index (χ4n) is 2.84. The first-order valence-electron chi connectivity index (χ1n) is 6.67. The molecule has 0 aliphatic carbocycles. The van der Waals surface area contributed by atoms with Crippen molar-refractivity contribution in [3.05, 3.63) is 18.1 Å². The van der Waals surface area contributed by atoms with E-state index in [4.69, 9.17) is 16.9 Å². The summed E-state index contributed by atoms with van der Waals surface area (Å²) in [7, 11) is 0. The van der Waals surface area contributed by atoms with E-state index in [1.54, 1.807) is 13.1 Å². The van der Waals surface area contributed by atoms with E-state index in [1.807, 2.05) is 0 Å². The molecule has 3 heterocycles. The summed E-state index contributed by atoms with van der Waals surface area (Å²) in [5.41, 5.74) is 5.34. The summed E-state index contributed by atoms with van der Waals surface area (Å²) in [6.07, 6.45) is 4.90. The Hall–Kier alpha value is -2.18. The van der Waals surface area contributed by atoms with Crippen LogP contribution < -0.4 is 5.73 Å². The average Bonchev–Trinajstić information content (AvgIpc) is 3.00. The highest BCUT2D eigenvalue weighted by Gasteiger charge is 2.52. The molecule has 0 bridgehead atoms. The van der Waals surface area contributed by atoms with Gasteiger partial charge in [0.1, 0.15) is 36.1 Å². The monoisotopic (exact) mass is 304 g/mol. The third kappa shape index (κ3) is 1.81. The molecule has 116 valence electrons. The topological polar surface area (TPSA) is 127 Å². The van der Waals surface area contributed by atoms with Gasteiger partial charge in [-0.3, -0.25) is 4.57 Å². The zero-order valence-corrected chi connectivity index (χ0v) is 11.8. The van der Waals surface area contributed by atoms with Crippen LogP contribution in [0, 0.1) is 12.3 Å². The van der Waals surface area contributed by atoms with Crippen LogP contribution in [0.4, 0.5) is 5.82 Å². The Labute approximate surface area is 126 Å². The van der Waals surface area contributed by atoms with E-state index in [2.05, 4.69) is 15.9 Å². The maximum atomic E-state index is 10.3. The Bertz CT molecular complexity index is 768. The molecule has 3 rings (SSSR count). The number of aliphatic hydroxyl groups excluding tert-OH is 3. The normalized spacial score (nSPS) is 31.5. The van der Waals surface area contributed by atoms with Crippen molar-refractivity contribution in [1.29, 1.82) is 0 Å². The van der Waals surface area contributed by atoms with E-state index in [9.17, 15) is 15.3 Å². The zero-order valence-electron chi connectivity index (χ0n) is 11.8. The lowest BCUT2D eigenvalue weighted by Crippen LogP contribution is -2.43. The summed E-state index contributed by atoms with van der Waals surface area (Å²) >= 11 is 0. The second-order valence-corrected chi connectivity index (χ2v) is 5.34. The van der Waals surface area contributed by atoms with E-state index >= 15 is 0 Å². The highest BCUT2D eigenvalue weighted by molar-refractivity contribution is 5.92. The Morgan fingerprint density at radius 3 is 2.82 bits per heavy atom. The molecule has 1 fully saturated rings. The van der Waals surface area contributed by atoms with E-state index in [1.165, 1.54) is 10.9 Å². The predicted octanol–water partition coefficient (Wildman–Crippen LogP) is -1.22. The Morgan fingerprint density at radius 1 is 1.50 bits per heavy atom. The van der Waals surface area contributed by atoms with Gasteiger partial charge in [0.15, 0.2) is 5.72 Å². The van der Waals surface area contributed by atoms with Crippen molar-refractivity contribution in [3.63, 3.8) is 0 Å². The average molecular weight is 304 g/mol. The Balaban J connectivity index is 2.23. The standard InChI is InChI=1S/C14H16N4O4/c1-3-7-4-18(13-9(7)12(15)16-6-17-13)14(2)11(21)10(20)8(5-19)22-14/h1,4,6,8,10-11,19-21H,5H2,2H3,(H2,15,16,17). The van der Waals surface area contributed by atoms with Crippen LogP contribution in [-0.4, -0.2) is 54.8 Å². The highest BCUT2D eigenvalue weighted by atomic mass is 16.6. The van der Waals surface area contributed by atoms with Crippen LogP contribution in [-0.2, 0) is 10.5 Å². The lowest BCUT2D eigenvalue weighted by atomic mass is 10.0. The molecule has 5 N–H and O–H groups in total. The van der Waals surface area contributed by atoms with E-state index < -0.39 is 30.6 Å². The third-order valence-corrected chi connectivity index (χ3v) is 4.07. The van der Waals surface area contributed by atoms with Gasteiger partial charge >= 0.3 is 0 Å². The summed E-state index contributed by atoms with van der Waals surface area (Å²) in [5.74, 6) is 2.71. The number of hydrogen-bond donors (Lipinski definition) is 4. The highest BCUT2D eigenvalue weighted by Crippen LogP contribution is 2.38. The maximum Gasteiger partial charge on any atom is 0.172 e. The minimum absolute atomic E-state index is 0.215. The molecule has 1 saturated heterocycles. The van der Waals surface area contributed by atoms with Crippen molar-refractivity contribution in [1.82, 2.24) is 14.5 Å². The molecule has 8 nitrogen and oxygen atoms in total. The Morgan fingerprint density at radius 2 is 2.23 bits per heavy atom. The van der Waals surface area contributed by atoms with Gasteiger partial charge in [-0.1, -0.05) is 5.92 Å². The predicted molar refractivity (Wildman–Crippen MR) is 77.5 cm³/mol. The number of terminal acetylenes is 1. The molecule has 1 aliphatic rings. The van der Waals surface area contributed by atoms with Crippen LogP contribution in [0.3, 0.4) is 0 Å². The third-order valence-electron chi connectivity index (χ3n) is 4.07. The van der Waals surface area contributed by atoms with E-state index in [0.717, 1.165) is 0 Å². The second-order valence-electron chi connectivity index (χ2n) is 5.34. The van der Waals surface area contributed by atoms with Gasteiger partial charge in [-0.15, -0.1) is 6.42 Å². The largest absolute Gasteiger partial charge is 0.394 e. The molecule has 4 atom stereocenters. The first-order valence-corrected chi connectivity index (χ1v) is 6.67. The molecule has 0 spiro atoms. The molecule has 4 unspecified atom stereocenters. The van der Waals surface area contributed by atoms with Crippen molar-refractivity contribution < 1.29 is 20.1 Å². The summed E-state index contributed by atoms with van der Waals surface area (Å²) in [6, 6.07) is 0. The molecule has 2 aromatic heterocycles. The van der Waals surface area contributed by atoms with Crippen molar-refractivity contribution in [3.8, 4) is 12.3 Å². The number of nitrogen functional groups attached to an aromatic ring is 1. The summed E-state index contributed by atoms with van der Waals surface area (Å²) < 4.78 is 7.17. The van der Waals surface area contributed by atoms with Gasteiger partial charge in [-0.25, -0.2) is 9.97 Å². The van der Waals surface area contributed by atoms with Gasteiger partial charge in [0.05, 0.1) is 17.6 Å².